The topological polar surface area (TPSA) is 656 Å². The lowest BCUT2D eigenvalue weighted by atomic mass is 9.96. The van der Waals surface area contributed by atoms with Gasteiger partial charge in [-0.2, -0.15) is 0 Å². The molecule has 0 amide bonds. The van der Waals surface area contributed by atoms with Crippen LogP contribution in [0, 0.1) is 0 Å². The van der Waals surface area contributed by atoms with E-state index in [1.54, 1.807) is 0 Å². The Bertz CT molecular complexity index is 2280. The molecule has 42 nitrogen and oxygen atoms in total. The molecule has 2 aliphatic rings. The predicted molar refractivity (Wildman–Crippen MR) is 316 cm³/mol. The number of unbranched alkanes of at least 4 members (excludes halogenated alkanes) is 2. The zero-order chi connectivity index (χ0) is 72.5. The van der Waals surface area contributed by atoms with Crippen molar-refractivity contribution in [2.45, 2.75) is 136 Å². The Morgan fingerprint density at radius 3 is 1.11 bits per heavy atom. The van der Waals surface area contributed by atoms with Crippen molar-refractivity contribution in [2.24, 2.45) is 0 Å². The third-order valence-corrected chi connectivity index (χ3v) is 15.4. The highest BCUT2D eigenvalue weighted by Crippen LogP contribution is 2.31. The average molecular weight is 1400 g/mol. The van der Waals surface area contributed by atoms with Gasteiger partial charge in [0.1, 0.15) is 79.2 Å². The van der Waals surface area contributed by atoms with E-state index in [4.69, 9.17) is 18.9 Å². The lowest BCUT2D eigenvalue weighted by Gasteiger charge is -2.47. The van der Waals surface area contributed by atoms with Gasteiger partial charge in [0.15, 0.2) is 12.6 Å². The van der Waals surface area contributed by atoms with Crippen molar-refractivity contribution in [3.63, 3.8) is 0 Å². The van der Waals surface area contributed by atoms with Crippen LogP contribution in [0.25, 0.3) is 0 Å². The minimum Gasteiger partial charge on any atom is -0.480 e. The number of aliphatic carboxylic acids is 10. The highest BCUT2D eigenvalue weighted by molar-refractivity contribution is 5.75. The zero-order valence-electron chi connectivity index (χ0n) is 52.4. The van der Waals surface area contributed by atoms with Gasteiger partial charge in [-0.1, -0.05) is 12.8 Å². The van der Waals surface area contributed by atoms with Gasteiger partial charge in [-0.05, 0) is 38.8 Å². The number of hydrogen-bond acceptors (Lipinski definition) is 32. The standard InChI is InChI=1S/C54H94N8O34/c63-27-32(66)49(43(83)31(65)17-55-7-3-1-5-29(51(89)90)61(13-9-57(19-35(67)68)20-36(69)70)14-10-58(21-37(71)72)22-38(73)74)95-54-48(88)46(86)50(96-53-47(87)45(85)44(84)34(28-64)94-53)33(93-54)18-56-8-4-2-6-30(52(91)92)62(15-11-59(23-39(75)76)24-40(77)78)16-12-60(25-41(79)80)26-42(81)82/h29-34,43-50,53-56,63-66,83-88H,1-28H2,(H,67,68)(H,69,70)(H,71,72)(H,73,74)(H,75,76)(H,77,78)(H,79,80)(H,81,82)(H,89,90)(H,91,92). The molecule has 0 aromatic carbocycles. The number of aliphatic hydroxyl groups excluding tert-OH is 10. The second-order valence-electron chi connectivity index (χ2n) is 22.9. The van der Waals surface area contributed by atoms with Crippen molar-refractivity contribution >= 4 is 59.7 Å². The van der Waals surface area contributed by atoms with E-state index < -0.39 is 236 Å². The van der Waals surface area contributed by atoms with Crippen LogP contribution in [0.3, 0.4) is 0 Å². The molecule has 42 heteroatoms. The molecule has 0 spiro atoms. The van der Waals surface area contributed by atoms with E-state index >= 15 is 0 Å². The van der Waals surface area contributed by atoms with Crippen molar-refractivity contribution in [3.8, 4) is 0 Å². The van der Waals surface area contributed by atoms with Crippen LogP contribution < -0.4 is 10.6 Å². The average Bonchev–Trinajstić information content (AvgIpc) is 0.789. The fraction of sp³-hybridized carbons (Fsp3) is 0.815. The smallest absolute Gasteiger partial charge is 0.320 e. The Morgan fingerprint density at radius 1 is 0.417 bits per heavy atom. The maximum absolute atomic E-state index is 12.8. The van der Waals surface area contributed by atoms with E-state index in [1.807, 2.05) is 0 Å². The van der Waals surface area contributed by atoms with Crippen molar-refractivity contribution in [2.75, 3.05) is 144 Å². The number of rotatable bonds is 55. The van der Waals surface area contributed by atoms with Gasteiger partial charge in [0.2, 0.25) is 0 Å². The molecule has 0 saturated carbocycles. The van der Waals surface area contributed by atoms with E-state index in [1.165, 1.54) is 9.80 Å². The Hall–Kier alpha value is -6.18. The molecular formula is C54H94N8O34. The van der Waals surface area contributed by atoms with Gasteiger partial charge in [-0.25, -0.2) is 0 Å². The van der Waals surface area contributed by atoms with Crippen LogP contribution in [-0.4, -0.2) is 433 Å². The first-order chi connectivity index (χ1) is 45.1. The summed E-state index contributed by atoms with van der Waals surface area (Å²) in [6.45, 7) is -11.3. The number of carboxylic acid groups (broad SMARTS) is 10. The molecule has 22 N–H and O–H groups in total. The Labute approximate surface area is 548 Å². The summed E-state index contributed by atoms with van der Waals surface area (Å²) in [6.07, 6.45) is -27.3. The summed E-state index contributed by atoms with van der Waals surface area (Å²) in [4.78, 5) is 124. The molecule has 16 unspecified atom stereocenters. The first kappa shape index (κ1) is 85.9. The zero-order valence-corrected chi connectivity index (χ0v) is 52.4. The highest BCUT2D eigenvalue weighted by atomic mass is 16.7. The van der Waals surface area contributed by atoms with E-state index in [-0.39, 0.29) is 104 Å². The normalized spacial score (nSPS) is 23.4. The Morgan fingerprint density at radius 2 is 0.771 bits per heavy atom. The lowest BCUT2D eigenvalue weighted by molar-refractivity contribution is -0.364. The first-order valence-electron chi connectivity index (χ1n) is 30.4. The van der Waals surface area contributed by atoms with Crippen LogP contribution in [0.4, 0.5) is 0 Å². The third-order valence-electron chi connectivity index (χ3n) is 15.4. The van der Waals surface area contributed by atoms with Crippen LogP contribution in [0.5, 0.6) is 0 Å². The number of aliphatic hydroxyl groups is 10. The summed E-state index contributed by atoms with van der Waals surface area (Å²) in [5, 5.41) is 209. The molecule has 0 radical (unpaired) electrons. The SMILES string of the molecule is O=C(O)CN(CCN(CCN(CC(=O)O)CC(=O)O)C(CCCCNCC(O)C(O)C(OC1OC(CNCCCCC(C(=O)O)N(CCN(CC(=O)O)CC(=O)O)CCN(CC(=O)O)CC(=O)O)C(OC2OC(CO)C(O)C(O)C2O)C(O)C1O)C(O)CO)C(=O)O)CC(=O)O. The van der Waals surface area contributed by atoms with Gasteiger partial charge in [0, 0.05) is 65.4 Å². The number of carboxylic acids is 10. The van der Waals surface area contributed by atoms with Crippen LogP contribution >= 0.6 is 0 Å². The second-order valence-corrected chi connectivity index (χ2v) is 22.9. The van der Waals surface area contributed by atoms with Crippen molar-refractivity contribution < 1.29 is 169 Å². The first-order valence-corrected chi connectivity index (χ1v) is 30.4. The molecule has 96 heavy (non-hydrogen) atoms. The fourth-order valence-electron chi connectivity index (χ4n) is 10.6. The summed E-state index contributed by atoms with van der Waals surface area (Å²) in [7, 11) is 0. The van der Waals surface area contributed by atoms with Gasteiger partial charge < -0.3 is 132 Å². The molecule has 554 valence electrons. The molecule has 0 aromatic heterocycles. The van der Waals surface area contributed by atoms with E-state index in [0.29, 0.717) is 0 Å². The predicted octanol–water partition coefficient (Wildman–Crippen LogP) is -11.0. The minimum atomic E-state index is -2.23. The van der Waals surface area contributed by atoms with Crippen LogP contribution in [0.1, 0.15) is 38.5 Å². The summed E-state index contributed by atoms with van der Waals surface area (Å²) in [6, 6.07) is -2.77. The summed E-state index contributed by atoms with van der Waals surface area (Å²) in [5.74, 6) is -14.0. The Balaban J connectivity index is 2.33. The molecule has 2 saturated heterocycles. The molecule has 16 atom stereocenters. The molecule has 2 rings (SSSR count). The monoisotopic (exact) mass is 1400 g/mol. The van der Waals surface area contributed by atoms with Crippen molar-refractivity contribution in [3.05, 3.63) is 0 Å². The number of nitrogens with one attached hydrogen (secondary N) is 2. The van der Waals surface area contributed by atoms with Crippen LogP contribution in [-0.2, 0) is 66.9 Å². The minimum absolute atomic E-state index is 0.00359. The summed E-state index contributed by atoms with van der Waals surface area (Å²) in [5.41, 5.74) is 0. The molecule has 0 bridgehead atoms. The highest BCUT2D eigenvalue weighted by Gasteiger charge is 2.52. The summed E-state index contributed by atoms with van der Waals surface area (Å²) < 4.78 is 23.1. The van der Waals surface area contributed by atoms with E-state index in [0.717, 1.165) is 19.6 Å². The van der Waals surface area contributed by atoms with Gasteiger partial charge >= 0.3 is 59.7 Å². The molecule has 2 heterocycles. The molecule has 0 aromatic rings. The molecular weight excluding hydrogens is 1300 g/mol. The fourth-order valence-corrected chi connectivity index (χ4v) is 10.6. The van der Waals surface area contributed by atoms with Gasteiger partial charge in [-0.3, -0.25) is 77.3 Å². The maximum Gasteiger partial charge on any atom is 0.320 e. The number of carbonyl (C=O) groups is 10. The van der Waals surface area contributed by atoms with Crippen molar-refractivity contribution in [1.29, 1.82) is 0 Å². The molecule has 2 fully saturated rings. The second kappa shape index (κ2) is 44.7. The van der Waals surface area contributed by atoms with E-state index in [2.05, 4.69) is 10.6 Å². The van der Waals surface area contributed by atoms with Gasteiger partial charge in [0.05, 0.1) is 71.7 Å². The maximum atomic E-state index is 12.8. The third kappa shape index (κ3) is 32.0. The number of nitrogens with zero attached hydrogens (tertiary/aromatic N) is 6. The molecule has 0 aliphatic carbocycles. The van der Waals surface area contributed by atoms with Gasteiger partial charge in [0.25, 0.3) is 0 Å². The van der Waals surface area contributed by atoms with Crippen LogP contribution in [0.15, 0.2) is 0 Å². The van der Waals surface area contributed by atoms with Crippen molar-refractivity contribution in [1.82, 2.24) is 40.0 Å². The van der Waals surface area contributed by atoms with Crippen LogP contribution in [0.2, 0.25) is 0 Å². The molecule has 2 aliphatic heterocycles. The van der Waals surface area contributed by atoms with E-state index in [9.17, 15) is 150 Å². The quantitative estimate of drug-likeness (QED) is 0.0251. The number of hydrogen-bond donors (Lipinski definition) is 22. The largest absolute Gasteiger partial charge is 0.480 e. The number of ether oxygens (including phenoxy) is 4. The summed E-state index contributed by atoms with van der Waals surface area (Å²) >= 11 is 0. The Kier molecular flexibility index (Phi) is 40.0. The van der Waals surface area contributed by atoms with Gasteiger partial charge in [-0.15, -0.1) is 0 Å². The lowest BCUT2D eigenvalue weighted by Crippen LogP contribution is -2.66.